The molecular weight excluding hydrogens is 336 g/mol. The van der Waals surface area contributed by atoms with Crippen LogP contribution >= 0.6 is 0 Å². The van der Waals surface area contributed by atoms with E-state index in [0.29, 0.717) is 24.3 Å². The molecule has 0 amide bonds. The lowest BCUT2D eigenvalue weighted by Gasteiger charge is -2.49. The van der Waals surface area contributed by atoms with Gasteiger partial charge in [-0.15, -0.1) is 0 Å². The lowest BCUT2D eigenvalue weighted by molar-refractivity contribution is -0.130. The van der Waals surface area contributed by atoms with Gasteiger partial charge in [0.1, 0.15) is 11.6 Å². The molecule has 27 heavy (non-hydrogen) atoms. The fourth-order valence-electron chi connectivity index (χ4n) is 5.26. The second-order valence-corrected chi connectivity index (χ2v) is 8.74. The molecule has 4 rings (SSSR count). The van der Waals surface area contributed by atoms with Crippen LogP contribution in [0.4, 0.5) is 0 Å². The minimum Gasteiger partial charge on any atom is -0.465 e. The molecule has 1 unspecified atom stereocenters. The highest BCUT2D eigenvalue weighted by atomic mass is 16.5. The average Bonchev–Trinajstić information content (AvgIpc) is 2.90. The summed E-state index contributed by atoms with van der Waals surface area (Å²) in [6, 6.07) is 6.89. The Morgan fingerprint density at radius 1 is 1.30 bits per heavy atom. The van der Waals surface area contributed by atoms with Crippen LogP contribution < -0.4 is 5.73 Å². The van der Waals surface area contributed by atoms with E-state index in [1.54, 1.807) is 0 Å². The topological polar surface area (TPSA) is 56.8 Å². The van der Waals surface area contributed by atoms with Crippen LogP contribution in [0.5, 0.6) is 0 Å². The van der Waals surface area contributed by atoms with Crippen molar-refractivity contribution < 1.29 is 9.47 Å². The number of fused-ring (bicyclic) bond motifs is 3. The molecule has 1 fully saturated rings. The summed E-state index contributed by atoms with van der Waals surface area (Å²) >= 11 is 0. The number of amidine groups is 1. The number of allylic oxidation sites excluding steroid dienone is 1. The molecule has 2 spiro atoms. The van der Waals surface area contributed by atoms with Gasteiger partial charge in [-0.05, 0) is 68.2 Å². The highest BCUT2D eigenvalue weighted by Gasteiger charge is 2.62. The molecule has 3 aliphatic rings. The maximum atomic E-state index is 6.73. The predicted molar refractivity (Wildman–Crippen MR) is 109 cm³/mol. The standard InChI is InChI=1S/C23H32N2O2/c1-5-18-13-21(24)25-23(27-18)20-12-16(15(2)3)6-7-17(20)14-22(23)10-8-19(26-4)9-11-22/h5-7,12,15,19H,8-11,13-14H2,1-4H3,(H2,24,25)/b18-5-. The number of nitrogens with zero attached hydrogens (tertiary/aromatic N) is 1. The second-order valence-electron chi connectivity index (χ2n) is 8.74. The van der Waals surface area contributed by atoms with E-state index in [1.165, 1.54) is 16.7 Å². The molecule has 1 heterocycles. The van der Waals surface area contributed by atoms with Crippen molar-refractivity contribution >= 4 is 5.84 Å². The van der Waals surface area contributed by atoms with Gasteiger partial charge in [-0.2, -0.15) is 0 Å². The quantitative estimate of drug-likeness (QED) is 0.817. The Morgan fingerprint density at radius 3 is 2.67 bits per heavy atom. The van der Waals surface area contributed by atoms with Gasteiger partial charge in [-0.25, -0.2) is 4.99 Å². The molecule has 0 radical (unpaired) electrons. The van der Waals surface area contributed by atoms with Crippen molar-refractivity contribution in [2.45, 2.75) is 77.0 Å². The third-order valence-corrected chi connectivity index (χ3v) is 6.89. The summed E-state index contributed by atoms with van der Waals surface area (Å²) in [5, 5.41) is 0. The minimum atomic E-state index is -0.684. The smallest absolute Gasteiger partial charge is 0.233 e. The van der Waals surface area contributed by atoms with Crippen LogP contribution in [0.2, 0.25) is 0 Å². The first kappa shape index (κ1) is 18.5. The van der Waals surface area contributed by atoms with E-state index < -0.39 is 5.72 Å². The Labute approximate surface area is 162 Å². The first-order valence-electron chi connectivity index (χ1n) is 10.3. The highest BCUT2D eigenvalue weighted by molar-refractivity contribution is 5.84. The normalized spacial score (nSPS) is 34.2. The van der Waals surface area contributed by atoms with Gasteiger partial charge in [-0.3, -0.25) is 0 Å². The zero-order chi connectivity index (χ0) is 19.2. The second kappa shape index (κ2) is 6.66. The van der Waals surface area contributed by atoms with Gasteiger partial charge < -0.3 is 15.2 Å². The Hall–Kier alpha value is -1.81. The van der Waals surface area contributed by atoms with Crippen LogP contribution in [0.3, 0.4) is 0 Å². The first-order valence-corrected chi connectivity index (χ1v) is 10.3. The molecule has 2 aliphatic carbocycles. The third kappa shape index (κ3) is 2.80. The summed E-state index contributed by atoms with van der Waals surface area (Å²) in [5.41, 5.74) is 9.56. The van der Waals surface area contributed by atoms with E-state index in [9.17, 15) is 0 Å². The fourth-order valence-corrected chi connectivity index (χ4v) is 5.26. The number of nitrogens with two attached hydrogens (primary N) is 1. The number of rotatable bonds is 2. The van der Waals surface area contributed by atoms with Gasteiger partial charge >= 0.3 is 0 Å². The van der Waals surface area contributed by atoms with Crippen LogP contribution in [-0.4, -0.2) is 19.0 Å². The number of hydrogen-bond donors (Lipinski definition) is 1. The van der Waals surface area contributed by atoms with Crippen LogP contribution in [0.15, 0.2) is 35.0 Å². The number of aliphatic imine (C=N–C) groups is 1. The molecule has 0 saturated heterocycles. The number of ether oxygens (including phenoxy) is 2. The molecule has 0 bridgehead atoms. The van der Waals surface area contributed by atoms with Crippen LogP contribution in [0, 0.1) is 5.41 Å². The number of benzene rings is 1. The summed E-state index contributed by atoms with van der Waals surface area (Å²) in [5.74, 6) is 2.10. The molecule has 2 N–H and O–H groups in total. The van der Waals surface area contributed by atoms with Gasteiger partial charge in [0.2, 0.25) is 5.72 Å². The fraction of sp³-hybridized carbons (Fsp3) is 0.609. The molecule has 1 aromatic carbocycles. The summed E-state index contributed by atoms with van der Waals surface area (Å²) in [6.45, 7) is 6.50. The Balaban J connectivity index is 1.87. The van der Waals surface area contributed by atoms with Crippen LogP contribution in [0.25, 0.3) is 0 Å². The minimum absolute atomic E-state index is 0.0424. The van der Waals surface area contributed by atoms with Gasteiger partial charge in [0, 0.05) is 18.1 Å². The van der Waals surface area contributed by atoms with Crippen molar-refractivity contribution in [2.75, 3.05) is 7.11 Å². The number of methoxy groups -OCH3 is 1. The maximum Gasteiger partial charge on any atom is 0.233 e. The maximum absolute atomic E-state index is 6.73. The molecule has 0 aromatic heterocycles. The molecule has 1 aliphatic heterocycles. The van der Waals surface area contributed by atoms with Gasteiger partial charge in [0.05, 0.1) is 12.5 Å². The van der Waals surface area contributed by atoms with Gasteiger partial charge in [-0.1, -0.05) is 26.0 Å². The summed E-state index contributed by atoms with van der Waals surface area (Å²) in [6.07, 6.45) is 8.19. The average molecular weight is 369 g/mol. The zero-order valence-electron chi connectivity index (χ0n) is 17.0. The van der Waals surface area contributed by atoms with Gasteiger partial charge in [0.25, 0.3) is 0 Å². The SMILES string of the molecule is C/C=C1/CC(N)=NC2(O1)c1cc(C(C)C)ccc1CC21CCC(OC)CC1. The van der Waals surface area contributed by atoms with E-state index in [0.717, 1.165) is 37.9 Å². The lowest BCUT2D eigenvalue weighted by Crippen LogP contribution is -2.49. The first-order chi connectivity index (χ1) is 12.9. The van der Waals surface area contributed by atoms with Gasteiger partial charge in [0.15, 0.2) is 0 Å². The van der Waals surface area contributed by atoms with E-state index in [1.807, 2.05) is 20.1 Å². The largest absolute Gasteiger partial charge is 0.465 e. The van der Waals surface area contributed by atoms with Crippen molar-refractivity contribution in [3.05, 3.63) is 46.7 Å². The molecule has 4 nitrogen and oxygen atoms in total. The lowest BCUT2D eigenvalue weighted by atomic mass is 9.66. The zero-order valence-corrected chi connectivity index (χ0v) is 17.0. The van der Waals surface area contributed by atoms with Crippen molar-refractivity contribution in [1.82, 2.24) is 0 Å². The molecule has 4 heteroatoms. The van der Waals surface area contributed by atoms with E-state index >= 15 is 0 Å². The van der Waals surface area contributed by atoms with E-state index in [4.69, 9.17) is 20.2 Å². The molecule has 1 saturated carbocycles. The Morgan fingerprint density at radius 2 is 2.04 bits per heavy atom. The number of hydrogen-bond acceptors (Lipinski definition) is 4. The predicted octanol–water partition coefficient (Wildman–Crippen LogP) is 4.78. The van der Waals surface area contributed by atoms with Crippen molar-refractivity contribution in [1.29, 1.82) is 0 Å². The highest BCUT2D eigenvalue weighted by Crippen LogP contribution is 2.62. The Bertz CT molecular complexity index is 788. The summed E-state index contributed by atoms with van der Waals surface area (Å²) in [4.78, 5) is 5.07. The van der Waals surface area contributed by atoms with Crippen molar-refractivity contribution in [3.8, 4) is 0 Å². The van der Waals surface area contributed by atoms with Crippen LogP contribution in [0.1, 0.15) is 75.5 Å². The molecule has 146 valence electrons. The van der Waals surface area contributed by atoms with Crippen molar-refractivity contribution in [3.63, 3.8) is 0 Å². The summed E-state index contributed by atoms with van der Waals surface area (Å²) < 4.78 is 12.4. The molecular formula is C23H32N2O2. The third-order valence-electron chi connectivity index (χ3n) is 6.89. The molecule has 1 atom stereocenters. The monoisotopic (exact) mass is 368 g/mol. The van der Waals surface area contributed by atoms with E-state index in [-0.39, 0.29) is 5.41 Å². The van der Waals surface area contributed by atoms with Crippen LogP contribution in [-0.2, 0) is 21.6 Å². The summed E-state index contributed by atoms with van der Waals surface area (Å²) in [7, 11) is 1.82. The Kier molecular flexibility index (Phi) is 4.58. The van der Waals surface area contributed by atoms with Crippen molar-refractivity contribution in [2.24, 2.45) is 16.1 Å². The van der Waals surface area contributed by atoms with E-state index in [2.05, 4.69) is 32.0 Å². The molecule has 1 aromatic rings.